The van der Waals surface area contributed by atoms with Crippen LogP contribution in [0.2, 0.25) is 0 Å². The highest BCUT2D eigenvalue weighted by molar-refractivity contribution is 5.76. The largest absolute Gasteiger partial charge is 0.394 e. The molecule has 0 aromatic heterocycles. The molecule has 1 aliphatic heterocycles. The van der Waals surface area contributed by atoms with E-state index in [1.54, 1.807) is 6.08 Å². The van der Waals surface area contributed by atoms with Gasteiger partial charge in [0.15, 0.2) is 6.29 Å². The first-order valence-corrected chi connectivity index (χ1v) is 18.5. The monoisotopic (exact) mass is 677 g/mol. The van der Waals surface area contributed by atoms with E-state index in [0.717, 1.165) is 77.0 Å². The number of aliphatic hydroxyl groups is 5. The Morgan fingerprint density at radius 3 is 1.92 bits per heavy atom. The third-order valence-electron chi connectivity index (χ3n) is 8.35. The van der Waals surface area contributed by atoms with Crippen molar-refractivity contribution in [2.75, 3.05) is 13.2 Å². The van der Waals surface area contributed by atoms with Crippen LogP contribution in [-0.2, 0) is 14.3 Å². The fourth-order valence-electron chi connectivity index (χ4n) is 5.32. The molecule has 0 bridgehead atoms. The minimum absolute atomic E-state index is 0.203. The third kappa shape index (κ3) is 21.1. The predicted molar refractivity (Wildman–Crippen MR) is 193 cm³/mol. The van der Waals surface area contributed by atoms with Crippen LogP contribution in [0.25, 0.3) is 0 Å². The number of carbonyl (C=O) groups excluding carboxylic acids is 1. The van der Waals surface area contributed by atoms with Crippen molar-refractivity contribution in [3.63, 3.8) is 0 Å². The zero-order valence-corrected chi connectivity index (χ0v) is 29.7. The zero-order valence-electron chi connectivity index (χ0n) is 29.7. The fraction of sp³-hybridized carbons (Fsp3) is 0.718. The molecule has 0 spiro atoms. The molecule has 1 fully saturated rings. The lowest BCUT2D eigenvalue weighted by atomic mass is 9.99. The van der Waals surface area contributed by atoms with Gasteiger partial charge in [-0.05, 0) is 57.8 Å². The van der Waals surface area contributed by atoms with E-state index in [1.165, 1.54) is 25.7 Å². The van der Waals surface area contributed by atoms with Gasteiger partial charge in [0.1, 0.15) is 24.4 Å². The lowest BCUT2D eigenvalue weighted by molar-refractivity contribution is -0.302. The van der Waals surface area contributed by atoms with Gasteiger partial charge in [0.25, 0.3) is 0 Å². The van der Waals surface area contributed by atoms with E-state index in [1.807, 2.05) is 6.08 Å². The number of rotatable bonds is 28. The van der Waals surface area contributed by atoms with E-state index in [9.17, 15) is 30.3 Å². The number of allylic oxidation sites excluding steroid dienone is 9. The van der Waals surface area contributed by atoms with E-state index < -0.39 is 49.5 Å². The van der Waals surface area contributed by atoms with E-state index in [4.69, 9.17) is 9.47 Å². The van der Waals surface area contributed by atoms with Gasteiger partial charge in [-0.25, -0.2) is 0 Å². The van der Waals surface area contributed by atoms with E-state index in [0.29, 0.717) is 6.42 Å². The average molecular weight is 678 g/mol. The topological polar surface area (TPSA) is 149 Å². The van der Waals surface area contributed by atoms with Crippen molar-refractivity contribution in [1.29, 1.82) is 0 Å². The molecule has 9 nitrogen and oxygen atoms in total. The van der Waals surface area contributed by atoms with Crippen LogP contribution in [0, 0.1) is 0 Å². The van der Waals surface area contributed by atoms with Crippen LogP contribution in [0.5, 0.6) is 0 Å². The summed E-state index contributed by atoms with van der Waals surface area (Å²) in [6, 6.07) is -0.816. The highest BCUT2D eigenvalue weighted by Gasteiger charge is 2.44. The summed E-state index contributed by atoms with van der Waals surface area (Å²) in [4.78, 5) is 12.8. The van der Waals surface area contributed by atoms with Crippen LogP contribution in [-0.4, -0.2) is 87.5 Å². The quantitative estimate of drug-likeness (QED) is 0.0430. The van der Waals surface area contributed by atoms with Gasteiger partial charge in [0, 0.05) is 6.42 Å². The summed E-state index contributed by atoms with van der Waals surface area (Å²) in [7, 11) is 0. The second kappa shape index (κ2) is 29.8. The van der Waals surface area contributed by atoms with Crippen LogP contribution in [0.3, 0.4) is 0 Å². The van der Waals surface area contributed by atoms with Crippen molar-refractivity contribution in [3.05, 3.63) is 60.8 Å². The summed E-state index contributed by atoms with van der Waals surface area (Å²) in [5.41, 5.74) is 0. The molecule has 0 aromatic carbocycles. The van der Waals surface area contributed by atoms with Crippen molar-refractivity contribution in [1.82, 2.24) is 5.32 Å². The Kier molecular flexibility index (Phi) is 27.2. The fourth-order valence-corrected chi connectivity index (χ4v) is 5.32. The van der Waals surface area contributed by atoms with Crippen molar-refractivity contribution >= 4 is 5.91 Å². The molecule has 48 heavy (non-hydrogen) atoms. The van der Waals surface area contributed by atoms with Crippen molar-refractivity contribution in [3.8, 4) is 0 Å². The molecular weight excluding hydrogens is 610 g/mol. The molecule has 0 aromatic rings. The summed E-state index contributed by atoms with van der Waals surface area (Å²) < 4.78 is 11.1. The molecule has 6 N–H and O–H groups in total. The van der Waals surface area contributed by atoms with Crippen LogP contribution in [0.1, 0.15) is 123 Å². The Hall–Kier alpha value is -2.11. The van der Waals surface area contributed by atoms with Crippen molar-refractivity contribution in [2.45, 2.75) is 166 Å². The van der Waals surface area contributed by atoms with Gasteiger partial charge in [-0.3, -0.25) is 4.79 Å². The molecule has 7 unspecified atom stereocenters. The van der Waals surface area contributed by atoms with Crippen molar-refractivity contribution < 1.29 is 39.8 Å². The molecule has 1 saturated heterocycles. The van der Waals surface area contributed by atoms with Gasteiger partial charge in [-0.1, -0.05) is 120 Å². The number of aliphatic hydroxyl groups excluding tert-OH is 5. The second-order valence-corrected chi connectivity index (χ2v) is 12.6. The Balaban J connectivity index is 2.45. The summed E-state index contributed by atoms with van der Waals surface area (Å²) in [5, 5.41) is 53.7. The first kappa shape index (κ1) is 43.9. The van der Waals surface area contributed by atoms with Crippen LogP contribution in [0.4, 0.5) is 0 Å². The van der Waals surface area contributed by atoms with Crippen LogP contribution >= 0.6 is 0 Å². The number of nitrogens with one attached hydrogen (secondary N) is 1. The number of carbonyl (C=O) groups is 1. The number of hydrogen-bond acceptors (Lipinski definition) is 8. The predicted octanol–water partition coefficient (Wildman–Crippen LogP) is 6.10. The lowest BCUT2D eigenvalue weighted by Gasteiger charge is -2.40. The number of unbranched alkanes of at least 4 members (excludes halogenated alkanes) is 10. The van der Waals surface area contributed by atoms with Gasteiger partial charge in [0.2, 0.25) is 5.91 Å². The maximum Gasteiger partial charge on any atom is 0.220 e. The molecule has 7 atom stereocenters. The number of amides is 1. The SMILES string of the molecule is CC/C=C\C/C=C\C/C=C\C/C=C\CCCCCCC(=O)NC(COC1OC(CO)C(O)C(O)C1O)C(O)/C=C/CCCCCCCC. The minimum Gasteiger partial charge on any atom is -0.394 e. The van der Waals surface area contributed by atoms with Gasteiger partial charge in [-0.15, -0.1) is 0 Å². The Labute approximate surface area is 290 Å². The number of ether oxygens (including phenoxy) is 2. The van der Waals surface area contributed by atoms with Crippen LogP contribution < -0.4 is 5.32 Å². The lowest BCUT2D eigenvalue weighted by Crippen LogP contribution is -2.60. The highest BCUT2D eigenvalue weighted by atomic mass is 16.7. The van der Waals surface area contributed by atoms with Crippen LogP contribution in [0.15, 0.2) is 60.8 Å². The summed E-state index contributed by atoms with van der Waals surface area (Å²) in [5.74, 6) is -0.209. The molecule has 0 aliphatic carbocycles. The molecule has 1 heterocycles. The van der Waals surface area contributed by atoms with E-state index in [-0.39, 0.29) is 12.5 Å². The Morgan fingerprint density at radius 1 is 0.729 bits per heavy atom. The minimum atomic E-state index is -1.57. The number of hydrogen-bond donors (Lipinski definition) is 6. The van der Waals surface area contributed by atoms with Gasteiger partial charge >= 0.3 is 0 Å². The third-order valence-corrected chi connectivity index (χ3v) is 8.35. The molecule has 1 rings (SSSR count). The molecule has 1 aliphatic rings. The highest BCUT2D eigenvalue weighted by Crippen LogP contribution is 2.22. The molecular formula is C39H67NO8. The summed E-state index contributed by atoms with van der Waals surface area (Å²) >= 11 is 0. The van der Waals surface area contributed by atoms with Crippen molar-refractivity contribution in [2.24, 2.45) is 0 Å². The zero-order chi connectivity index (χ0) is 35.2. The Bertz CT molecular complexity index is 931. The van der Waals surface area contributed by atoms with Gasteiger partial charge < -0.3 is 40.3 Å². The normalized spacial score (nSPS) is 23.4. The second-order valence-electron chi connectivity index (χ2n) is 12.6. The standard InChI is InChI=1S/C39H67NO8/c1-3-5-7-9-11-13-14-15-16-17-18-19-20-21-23-25-27-29-35(43)40-32(33(42)28-26-24-22-12-10-8-6-4-2)31-47-39-38(46)37(45)36(44)34(30-41)48-39/h5,7,11,13,15-16,18-19,26,28,32-34,36-39,41-42,44-46H,3-4,6,8-10,12,14,17,20-25,27,29-31H2,1-2H3,(H,40,43)/b7-5-,13-11-,16-15-,19-18-,28-26+. The summed E-state index contributed by atoms with van der Waals surface area (Å²) in [6.45, 7) is 3.55. The van der Waals surface area contributed by atoms with E-state index >= 15 is 0 Å². The molecule has 0 radical (unpaired) electrons. The molecule has 9 heteroatoms. The van der Waals surface area contributed by atoms with Gasteiger partial charge in [0.05, 0.1) is 25.4 Å². The van der Waals surface area contributed by atoms with Gasteiger partial charge in [-0.2, -0.15) is 0 Å². The van der Waals surface area contributed by atoms with E-state index in [2.05, 4.69) is 67.8 Å². The summed E-state index contributed by atoms with van der Waals surface area (Å²) in [6.07, 6.45) is 29.9. The maximum atomic E-state index is 12.8. The molecule has 1 amide bonds. The molecule has 276 valence electrons. The Morgan fingerprint density at radius 2 is 1.29 bits per heavy atom. The first-order valence-electron chi connectivity index (χ1n) is 18.5. The first-order chi connectivity index (χ1) is 23.3. The smallest absolute Gasteiger partial charge is 0.220 e. The molecule has 0 saturated carbocycles. The maximum absolute atomic E-state index is 12.8. The average Bonchev–Trinajstić information content (AvgIpc) is 3.08.